The number of nitrogens with one attached hydrogen (secondary N) is 2. The van der Waals surface area contributed by atoms with Crippen LogP contribution in [-0.2, 0) is 4.79 Å². The zero-order chi connectivity index (χ0) is 11.3. The summed E-state index contributed by atoms with van der Waals surface area (Å²) in [4.78, 5) is 12.7. The molecule has 0 bridgehead atoms. The van der Waals surface area contributed by atoms with Crippen LogP contribution in [0.3, 0.4) is 0 Å². The highest BCUT2D eigenvalue weighted by molar-refractivity contribution is 7.16. The third-order valence-corrected chi connectivity index (χ3v) is 3.50. The first-order valence-corrected chi connectivity index (χ1v) is 6.02. The van der Waals surface area contributed by atoms with E-state index in [0.29, 0.717) is 6.54 Å². The van der Waals surface area contributed by atoms with Crippen LogP contribution in [0.1, 0.15) is 17.7 Å². The minimum absolute atomic E-state index is 0. The number of carbonyl (C=O) groups excluding carboxylic acids is 1. The van der Waals surface area contributed by atoms with Crippen molar-refractivity contribution in [3.8, 4) is 0 Å². The predicted molar refractivity (Wildman–Crippen MR) is 71.9 cm³/mol. The zero-order valence-electron chi connectivity index (χ0n) is 9.25. The Morgan fingerprint density at radius 2 is 2.19 bits per heavy atom. The van der Waals surface area contributed by atoms with E-state index in [1.54, 1.807) is 0 Å². The average Bonchev–Trinajstić information content (AvgIpc) is 2.64. The first-order valence-electron chi connectivity index (χ1n) is 4.82. The van der Waals surface area contributed by atoms with Crippen molar-refractivity contribution in [2.45, 2.75) is 12.8 Å². The molecule has 1 aromatic rings. The highest BCUT2D eigenvalue weighted by atomic mass is 35.5. The standard InChI is InChI=1S/C10H15ClN2OS.ClH/c1-7(8-3-4-9(11)15-8)10(14)13-6-5-12-2;/h3-4,7,12H,5-6H2,1-2H3,(H,13,14);1H. The molecule has 1 atom stereocenters. The lowest BCUT2D eigenvalue weighted by atomic mass is 10.1. The Morgan fingerprint density at radius 3 is 2.69 bits per heavy atom. The van der Waals surface area contributed by atoms with Gasteiger partial charge in [0.15, 0.2) is 0 Å². The van der Waals surface area contributed by atoms with Gasteiger partial charge in [-0.2, -0.15) is 0 Å². The first-order chi connectivity index (χ1) is 7.15. The highest BCUT2D eigenvalue weighted by Gasteiger charge is 2.16. The molecule has 0 aromatic carbocycles. The van der Waals surface area contributed by atoms with Gasteiger partial charge in [-0.15, -0.1) is 23.7 Å². The summed E-state index contributed by atoms with van der Waals surface area (Å²) in [6.07, 6.45) is 0. The van der Waals surface area contributed by atoms with Gasteiger partial charge in [0.05, 0.1) is 10.3 Å². The SMILES string of the molecule is CNCCNC(=O)C(C)c1ccc(Cl)s1.Cl. The fourth-order valence-electron chi connectivity index (χ4n) is 1.15. The van der Waals surface area contributed by atoms with Crippen LogP contribution in [0.25, 0.3) is 0 Å². The van der Waals surface area contributed by atoms with Gasteiger partial charge in [-0.25, -0.2) is 0 Å². The molecule has 0 aliphatic rings. The molecular formula is C10H16Cl2N2OS. The van der Waals surface area contributed by atoms with Crippen molar-refractivity contribution >= 4 is 41.3 Å². The third kappa shape index (κ3) is 4.70. The van der Waals surface area contributed by atoms with Crippen LogP contribution in [0.15, 0.2) is 12.1 Å². The summed E-state index contributed by atoms with van der Waals surface area (Å²) in [7, 11) is 1.86. The van der Waals surface area contributed by atoms with E-state index in [4.69, 9.17) is 11.6 Å². The smallest absolute Gasteiger partial charge is 0.228 e. The number of likely N-dealkylation sites (N-methyl/N-ethyl adjacent to an activating group) is 1. The van der Waals surface area contributed by atoms with Crippen LogP contribution in [-0.4, -0.2) is 26.0 Å². The number of thiophene rings is 1. The lowest BCUT2D eigenvalue weighted by molar-refractivity contribution is -0.122. The zero-order valence-corrected chi connectivity index (χ0v) is 11.6. The van der Waals surface area contributed by atoms with Crippen molar-refractivity contribution in [3.63, 3.8) is 0 Å². The maximum atomic E-state index is 11.7. The Balaban J connectivity index is 0.00000225. The summed E-state index contributed by atoms with van der Waals surface area (Å²) in [5.41, 5.74) is 0. The first kappa shape index (κ1) is 15.7. The molecular weight excluding hydrogens is 267 g/mol. The van der Waals surface area contributed by atoms with Crippen molar-refractivity contribution in [2.24, 2.45) is 0 Å². The molecule has 92 valence electrons. The Kier molecular flexibility index (Phi) is 7.76. The van der Waals surface area contributed by atoms with Crippen LogP contribution < -0.4 is 10.6 Å². The number of hydrogen-bond donors (Lipinski definition) is 2. The highest BCUT2D eigenvalue weighted by Crippen LogP contribution is 2.27. The molecule has 1 heterocycles. The maximum Gasteiger partial charge on any atom is 0.228 e. The molecule has 1 amide bonds. The number of hydrogen-bond acceptors (Lipinski definition) is 3. The van der Waals surface area contributed by atoms with Gasteiger partial charge >= 0.3 is 0 Å². The average molecular weight is 283 g/mol. The molecule has 16 heavy (non-hydrogen) atoms. The van der Waals surface area contributed by atoms with E-state index >= 15 is 0 Å². The summed E-state index contributed by atoms with van der Waals surface area (Å²) in [5.74, 6) is -0.0804. The molecule has 0 saturated carbocycles. The Labute approximate surface area is 111 Å². The van der Waals surface area contributed by atoms with Gasteiger partial charge in [0.2, 0.25) is 5.91 Å². The van der Waals surface area contributed by atoms with E-state index < -0.39 is 0 Å². The lowest BCUT2D eigenvalue weighted by Gasteiger charge is -2.09. The Bertz CT molecular complexity index is 330. The third-order valence-electron chi connectivity index (χ3n) is 2.09. The second kappa shape index (κ2) is 7.90. The molecule has 0 aliphatic heterocycles. The van der Waals surface area contributed by atoms with E-state index in [2.05, 4.69) is 10.6 Å². The molecule has 2 N–H and O–H groups in total. The minimum atomic E-state index is -0.126. The molecule has 0 spiro atoms. The van der Waals surface area contributed by atoms with E-state index in [0.717, 1.165) is 15.8 Å². The summed E-state index contributed by atoms with van der Waals surface area (Å²) in [6.45, 7) is 3.32. The van der Waals surface area contributed by atoms with Gasteiger partial charge in [-0.3, -0.25) is 4.79 Å². The van der Waals surface area contributed by atoms with Crippen molar-refractivity contribution in [1.29, 1.82) is 0 Å². The molecule has 0 radical (unpaired) electrons. The second-order valence-electron chi connectivity index (χ2n) is 3.26. The van der Waals surface area contributed by atoms with Crippen molar-refractivity contribution in [1.82, 2.24) is 10.6 Å². The van der Waals surface area contributed by atoms with Crippen LogP contribution in [0.4, 0.5) is 0 Å². The summed E-state index contributed by atoms with van der Waals surface area (Å²) < 4.78 is 0.722. The molecule has 0 fully saturated rings. The van der Waals surface area contributed by atoms with Gasteiger partial charge in [-0.05, 0) is 26.1 Å². The number of rotatable bonds is 5. The molecule has 1 aromatic heterocycles. The number of amides is 1. The van der Waals surface area contributed by atoms with Crippen molar-refractivity contribution < 1.29 is 4.79 Å². The maximum absolute atomic E-state index is 11.7. The summed E-state index contributed by atoms with van der Waals surface area (Å²) >= 11 is 7.27. The van der Waals surface area contributed by atoms with E-state index in [1.807, 2.05) is 26.1 Å². The van der Waals surface area contributed by atoms with Crippen LogP contribution >= 0.6 is 35.3 Å². The van der Waals surface area contributed by atoms with Gasteiger partial charge in [-0.1, -0.05) is 11.6 Å². The van der Waals surface area contributed by atoms with Crippen LogP contribution in [0.5, 0.6) is 0 Å². The van der Waals surface area contributed by atoms with Crippen molar-refractivity contribution in [3.05, 3.63) is 21.3 Å². The quantitative estimate of drug-likeness (QED) is 0.814. The van der Waals surface area contributed by atoms with E-state index in [-0.39, 0.29) is 24.2 Å². The number of halogens is 2. The minimum Gasteiger partial charge on any atom is -0.354 e. The predicted octanol–water partition coefficient (Wildman–Crippen LogP) is 2.26. The molecule has 1 rings (SSSR count). The van der Waals surface area contributed by atoms with Crippen LogP contribution in [0.2, 0.25) is 4.34 Å². The topological polar surface area (TPSA) is 41.1 Å². The van der Waals surface area contributed by atoms with Gasteiger partial charge in [0.1, 0.15) is 0 Å². The van der Waals surface area contributed by atoms with Crippen LogP contribution in [0, 0.1) is 0 Å². The fourth-order valence-corrected chi connectivity index (χ4v) is 2.27. The summed E-state index contributed by atoms with van der Waals surface area (Å²) in [5, 5.41) is 5.83. The van der Waals surface area contributed by atoms with E-state index in [9.17, 15) is 4.79 Å². The Hall–Kier alpha value is -0.290. The molecule has 0 saturated heterocycles. The van der Waals surface area contributed by atoms with Gasteiger partial charge in [0.25, 0.3) is 0 Å². The van der Waals surface area contributed by atoms with Gasteiger partial charge < -0.3 is 10.6 Å². The van der Waals surface area contributed by atoms with Crippen molar-refractivity contribution in [2.75, 3.05) is 20.1 Å². The summed E-state index contributed by atoms with van der Waals surface area (Å²) in [6, 6.07) is 3.72. The monoisotopic (exact) mass is 282 g/mol. The van der Waals surface area contributed by atoms with Gasteiger partial charge in [0, 0.05) is 18.0 Å². The van der Waals surface area contributed by atoms with E-state index in [1.165, 1.54) is 11.3 Å². The normalized spacial score (nSPS) is 11.7. The Morgan fingerprint density at radius 1 is 1.50 bits per heavy atom. The molecule has 3 nitrogen and oxygen atoms in total. The number of carbonyl (C=O) groups is 1. The molecule has 0 aliphatic carbocycles. The lowest BCUT2D eigenvalue weighted by Crippen LogP contribution is -2.33. The largest absolute Gasteiger partial charge is 0.354 e. The second-order valence-corrected chi connectivity index (χ2v) is 5.00. The fraction of sp³-hybridized carbons (Fsp3) is 0.500. The molecule has 1 unspecified atom stereocenters. The molecule has 6 heteroatoms.